The Hall–Kier alpha value is -5.84. The van der Waals surface area contributed by atoms with Crippen LogP contribution in [-0.2, 0) is 52.8 Å². The monoisotopic (exact) mass is 987 g/mol. The lowest BCUT2D eigenvalue weighted by Gasteiger charge is -2.38. The van der Waals surface area contributed by atoms with Crippen LogP contribution in [0, 0.1) is 23.2 Å². The number of aromatic hydroxyl groups is 1. The van der Waals surface area contributed by atoms with Crippen LogP contribution in [0.25, 0.3) is 33.3 Å². The van der Waals surface area contributed by atoms with E-state index in [9.17, 15) is 24.3 Å². The highest BCUT2D eigenvalue weighted by atomic mass is 16.5. The molecule has 7 atom stereocenters. The van der Waals surface area contributed by atoms with Crippen LogP contribution < -0.4 is 16.5 Å². The molecule has 5 aliphatic rings. The van der Waals surface area contributed by atoms with Crippen LogP contribution in [0.1, 0.15) is 115 Å². The molecule has 2 aromatic carbocycles. The lowest BCUT2D eigenvalue weighted by Crippen LogP contribution is -2.63. The van der Waals surface area contributed by atoms with Gasteiger partial charge in [-0.25, -0.2) is 5.43 Å². The zero-order chi connectivity index (χ0) is 51.4. The summed E-state index contributed by atoms with van der Waals surface area (Å²) in [5.41, 5.74) is 15.2. The smallest absolute Gasteiger partial charge is 0.324 e. The lowest BCUT2D eigenvalue weighted by atomic mass is 9.84. The number of phenolic OH excluding ortho intramolecular Hbond substituents is 1. The summed E-state index contributed by atoms with van der Waals surface area (Å²) in [4.78, 5) is 79.9. The molecule has 4 amide bonds. The number of ether oxygens (including phenoxy) is 2. The number of carbonyl (C=O) groups excluding carboxylic acids is 5. The van der Waals surface area contributed by atoms with Gasteiger partial charge in [-0.2, -0.15) is 0 Å². The number of methoxy groups -OCH3 is 1. The molecule has 9 rings (SSSR count). The van der Waals surface area contributed by atoms with Crippen LogP contribution in [0.5, 0.6) is 5.75 Å². The molecule has 6 bridgehead atoms. The zero-order valence-corrected chi connectivity index (χ0v) is 43.3. The zero-order valence-electron chi connectivity index (χ0n) is 43.3. The van der Waals surface area contributed by atoms with E-state index in [0.717, 1.165) is 70.2 Å². The molecule has 4 heterocycles. The quantitative estimate of drug-likeness (QED) is 0.114. The molecule has 0 radical (unpaired) electrons. The molecule has 3 saturated carbocycles. The fourth-order valence-corrected chi connectivity index (χ4v) is 12.0. The minimum atomic E-state index is -1.17. The molecule has 1 unspecified atom stereocenters. The number of carbonyl (C=O) groups is 5. The number of hydrogen-bond acceptors (Lipinski definition) is 11. The molecule has 16 nitrogen and oxygen atoms in total. The van der Waals surface area contributed by atoms with Crippen LogP contribution in [0.4, 0.5) is 0 Å². The summed E-state index contributed by atoms with van der Waals surface area (Å²) < 4.78 is 14.3. The number of likely N-dealkylation sites (N-methyl/N-ethyl adjacent to an activating group) is 2. The minimum Gasteiger partial charge on any atom is -0.508 e. The van der Waals surface area contributed by atoms with E-state index in [-0.39, 0.29) is 49.2 Å². The second-order valence-corrected chi connectivity index (χ2v) is 22.3. The second kappa shape index (κ2) is 20.2. The van der Waals surface area contributed by atoms with Crippen molar-refractivity contribution in [3.63, 3.8) is 0 Å². The van der Waals surface area contributed by atoms with E-state index in [0.29, 0.717) is 56.6 Å². The maximum absolute atomic E-state index is 15.0. The maximum atomic E-state index is 15.0. The first-order valence-corrected chi connectivity index (χ1v) is 26.2. The summed E-state index contributed by atoms with van der Waals surface area (Å²) in [6.45, 7) is 11.0. The number of fused-ring (bicyclic) bond motifs is 6. The Labute approximate surface area is 423 Å². The molecule has 386 valence electrons. The van der Waals surface area contributed by atoms with Gasteiger partial charge in [-0.05, 0) is 149 Å². The van der Waals surface area contributed by atoms with Gasteiger partial charge in [0.05, 0.1) is 29.6 Å². The van der Waals surface area contributed by atoms with Gasteiger partial charge >= 0.3 is 5.97 Å². The van der Waals surface area contributed by atoms with Gasteiger partial charge < -0.3 is 40.0 Å². The van der Waals surface area contributed by atoms with E-state index in [2.05, 4.69) is 54.3 Å². The summed E-state index contributed by atoms with van der Waals surface area (Å²) in [6, 6.07) is 11.7. The minimum absolute atomic E-state index is 0.00844. The molecule has 2 aliphatic heterocycles. The summed E-state index contributed by atoms with van der Waals surface area (Å²) in [5.74, 6) is -1.70. The lowest BCUT2D eigenvalue weighted by molar-refractivity contribution is -0.155. The molecule has 72 heavy (non-hydrogen) atoms. The van der Waals surface area contributed by atoms with E-state index in [1.165, 1.54) is 14.8 Å². The number of nitrogens with zero attached hydrogens (tertiary/aromatic N) is 5. The second-order valence-electron chi connectivity index (χ2n) is 22.3. The molecular formula is C56H74N8O8. The van der Waals surface area contributed by atoms with Crippen molar-refractivity contribution in [1.29, 1.82) is 0 Å². The van der Waals surface area contributed by atoms with E-state index < -0.39 is 58.8 Å². The molecule has 2 aromatic heterocycles. The Morgan fingerprint density at radius 1 is 1.00 bits per heavy atom. The molecule has 4 fully saturated rings. The predicted molar refractivity (Wildman–Crippen MR) is 274 cm³/mol. The van der Waals surface area contributed by atoms with E-state index in [4.69, 9.17) is 20.2 Å². The van der Waals surface area contributed by atoms with Gasteiger partial charge in [0.15, 0.2) is 0 Å². The number of esters is 1. The molecule has 1 saturated heterocycles. The highest BCUT2D eigenvalue weighted by molar-refractivity contribution is 5.98. The number of hydrazine groups is 1. The number of phenols is 1. The Morgan fingerprint density at radius 3 is 2.46 bits per heavy atom. The highest BCUT2D eigenvalue weighted by Gasteiger charge is 2.63. The van der Waals surface area contributed by atoms with Crippen LogP contribution in [0.2, 0.25) is 0 Å². The predicted octanol–water partition coefficient (Wildman–Crippen LogP) is 6.44. The van der Waals surface area contributed by atoms with E-state index in [1.54, 1.807) is 46.5 Å². The topological polar surface area (TPSA) is 202 Å². The summed E-state index contributed by atoms with van der Waals surface area (Å²) >= 11 is 0. The van der Waals surface area contributed by atoms with Crippen LogP contribution >= 0.6 is 0 Å². The standard InChI is InChI=1S/C56H74N8O8/c1-9-63-46-21-20-37-28-41(46)42(49(63)40-16-12-22-58-47(40)33(3)71-8)29-55(4,5)31-72-53(69)44-17-13-23-64(60-44)52(68)45(26-34-24-38(37)27-39(65)25-34)59-50(66)48(36-14-10-11-15-36)62(7)51(67)32(2)61(6)54(70)56(57)30-43(56)35-18-19-35/h12,16,20-22,24-25,27-28,32-33,35-36,43-45,48,60,65H,9-11,13-15,17-19,23,26,29-31,57H2,1-8H3,(H,59,66)/t32-,33+,43-,44+,45+,48+,56?/m1/s1. The fourth-order valence-electron chi connectivity index (χ4n) is 12.0. The van der Waals surface area contributed by atoms with Gasteiger partial charge in [0.2, 0.25) is 17.7 Å². The normalized spacial score (nSPS) is 24.7. The molecular weight excluding hydrogens is 913 g/mol. The van der Waals surface area contributed by atoms with Gasteiger partial charge in [0.1, 0.15) is 29.9 Å². The van der Waals surface area contributed by atoms with Crippen molar-refractivity contribution in [3.05, 3.63) is 71.5 Å². The van der Waals surface area contributed by atoms with Crippen molar-refractivity contribution in [2.75, 3.05) is 34.4 Å². The number of aromatic nitrogens is 2. The number of aryl methyl sites for hydroxylation is 1. The van der Waals surface area contributed by atoms with Crippen molar-refractivity contribution < 1.29 is 38.6 Å². The molecule has 5 N–H and O–H groups in total. The van der Waals surface area contributed by atoms with Crippen LogP contribution in [-0.4, -0.2) is 123 Å². The average molecular weight is 987 g/mol. The number of rotatable bonds is 12. The Balaban J connectivity index is 1.09. The summed E-state index contributed by atoms with van der Waals surface area (Å²) in [5, 5.41) is 17.0. The number of hydrogen-bond donors (Lipinski definition) is 4. The van der Waals surface area contributed by atoms with Crippen LogP contribution in [0.3, 0.4) is 0 Å². The van der Waals surface area contributed by atoms with Crippen molar-refractivity contribution in [2.45, 2.75) is 148 Å². The Morgan fingerprint density at radius 2 is 1.75 bits per heavy atom. The number of pyridine rings is 1. The number of amides is 4. The highest BCUT2D eigenvalue weighted by Crippen LogP contribution is 2.56. The first-order chi connectivity index (χ1) is 34.3. The molecule has 3 aliphatic carbocycles. The largest absolute Gasteiger partial charge is 0.508 e. The number of nitrogens with one attached hydrogen (secondary N) is 2. The number of benzene rings is 2. The van der Waals surface area contributed by atoms with Crippen molar-refractivity contribution in [1.82, 2.24) is 35.1 Å². The first kappa shape index (κ1) is 51.1. The number of cyclic esters (lactones) is 1. The Kier molecular flexibility index (Phi) is 14.3. The number of nitrogens with two attached hydrogens (primary N) is 1. The van der Waals surface area contributed by atoms with Gasteiger partial charge in [0, 0.05) is 68.8 Å². The fraction of sp³-hybridized carbons (Fsp3) is 0.571. The summed E-state index contributed by atoms with van der Waals surface area (Å²) in [7, 11) is 4.89. The van der Waals surface area contributed by atoms with Crippen LogP contribution in [0.15, 0.2) is 54.7 Å². The van der Waals surface area contributed by atoms with Crippen molar-refractivity contribution in [3.8, 4) is 28.1 Å². The van der Waals surface area contributed by atoms with E-state index >= 15 is 4.79 Å². The van der Waals surface area contributed by atoms with Gasteiger partial charge in [-0.15, -0.1) is 0 Å². The Bertz CT molecular complexity index is 2740. The van der Waals surface area contributed by atoms with Gasteiger partial charge in [0.25, 0.3) is 5.91 Å². The van der Waals surface area contributed by atoms with E-state index in [1.807, 2.05) is 25.1 Å². The summed E-state index contributed by atoms with van der Waals surface area (Å²) in [6.07, 6.45) is 8.91. The van der Waals surface area contributed by atoms with Crippen molar-refractivity contribution >= 4 is 40.5 Å². The molecule has 0 spiro atoms. The molecule has 4 aromatic rings. The van der Waals surface area contributed by atoms with Crippen molar-refractivity contribution in [2.24, 2.45) is 28.9 Å². The third-order valence-corrected chi connectivity index (χ3v) is 16.5. The van der Waals surface area contributed by atoms with Gasteiger partial charge in [-0.1, -0.05) is 38.8 Å². The third-order valence-electron chi connectivity index (χ3n) is 16.5. The first-order valence-electron chi connectivity index (χ1n) is 26.2. The van der Waals surface area contributed by atoms with Gasteiger partial charge in [-0.3, -0.25) is 34.0 Å². The molecule has 16 heteroatoms. The maximum Gasteiger partial charge on any atom is 0.324 e. The SMILES string of the molecule is CCn1c(-c2cccnc2[C@H](C)OC)c2c3cc(ccc31)-c1cc(O)cc(c1)C[C@H](NC(=O)[C@H](C1CCCC1)N(C)C(=O)[C@@H](C)N(C)C(=O)C1(N)C[C@@H]1C1CC1)C(=O)N1CCC[C@H](N1)C(=O)OCC(C)(C)C2. The average Bonchev–Trinajstić information content (AvgIpc) is 4.25. The third kappa shape index (κ3) is 9.98.